The quantitative estimate of drug-likeness (QED) is 0.0874. The minimum atomic E-state index is -0.590. The zero-order chi connectivity index (χ0) is 36.2. The summed E-state index contributed by atoms with van der Waals surface area (Å²) in [6, 6.07) is 21.0. The third-order valence-electron chi connectivity index (χ3n) is 10.6. The highest BCUT2D eigenvalue weighted by Gasteiger charge is 2.30. The molecule has 0 spiro atoms. The van der Waals surface area contributed by atoms with Crippen LogP contribution in [0.2, 0.25) is 0 Å². The first-order chi connectivity index (χ1) is 24.1. The fourth-order valence-corrected chi connectivity index (χ4v) is 7.46. The Morgan fingerprint density at radius 2 is 1.52 bits per heavy atom. The number of esters is 2. The second-order valence-electron chi connectivity index (χ2n) is 14.3. The molecule has 0 heterocycles. The Kier molecular flexibility index (Phi) is 14.7. The molecular weight excluding hydrogens is 620 g/mol. The van der Waals surface area contributed by atoms with Crippen molar-refractivity contribution in [3.05, 3.63) is 107 Å². The number of hydrogen-bond donors (Lipinski definition) is 1. The van der Waals surface area contributed by atoms with Crippen molar-refractivity contribution in [2.75, 3.05) is 19.8 Å². The average molecular weight is 679 g/mol. The van der Waals surface area contributed by atoms with Crippen LogP contribution in [0.3, 0.4) is 0 Å². The summed E-state index contributed by atoms with van der Waals surface area (Å²) >= 11 is 0. The minimum absolute atomic E-state index is 0.0358. The van der Waals surface area contributed by atoms with E-state index in [1.807, 2.05) is 0 Å². The monoisotopic (exact) mass is 678 g/mol. The Bertz CT molecular complexity index is 1640. The molecule has 50 heavy (non-hydrogen) atoms. The highest BCUT2D eigenvalue weighted by atomic mass is 16.5. The first-order valence-electron chi connectivity index (χ1n) is 18.7. The van der Waals surface area contributed by atoms with Gasteiger partial charge in [-0.2, -0.15) is 0 Å². The molecule has 1 unspecified atom stereocenters. The van der Waals surface area contributed by atoms with Crippen molar-refractivity contribution in [1.29, 1.82) is 0 Å². The number of ether oxygens (including phenoxy) is 2. The standard InChI is InChI=1S/C45H58O5/c1-8-10-11-12-35-13-18-39(25-31(35)5)43-22-20-40(27-34(43)9-2)42-21-19-38(26-32(42)6)36-14-16-37(17-15-36)41(29-50-44(47)30(3)4)23-24-49-45(48)33(7)28-46/h13,18-22,25-27,36-37,41,46H,3,7-12,14-17,23-24,28-29H2,1-2,4-6H3. The smallest absolute Gasteiger partial charge is 0.335 e. The third kappa shape index (κ3) is 10.3. The van der Waals surface area contributed by atoms with Gasteiger partial charge in [0.05, 0.1) is 25.4 Å². The van der Waals surface area contributed by atoms with E-state index in [-0.39, 0.29) is 24.7 Å². The number of carbonyl (C=O) groups excluding carboxylic acids is 2. The van der Waals surface area contributed by atoms with Crippen molar-refractivity contribution in [1.82, 2.24) is 0 Å². The SMILES string of the molecule is C=C(C)C(=O)OCC(CCOC(=O)C(=C)CO)C1CCC(c2ccc(-c3ccc(-c4ccc(CCCCC)c(C)c4)c(CC)c3)c(C)c2)CC1. The van der Waals surface area contributed by atoms with E-state index in [1.165, 1.54) is 69.3 Å². The number of aliphatic hydroxyl groups excluding tert-OH is 1. The zero-order valence-electron chi connectivity index (χ0n) is 31.1. The maximum Gasteiger partial charge on any atom is 0.335 e. The third-order valence-corrected chi connectivity index (χ3v) is 10.6. The van der Waals surface area contributed by atoms with E-state index >= 15 is 0 Å². The van der Waals surface area contributed by atoms with Gasteiger partial charge in [0.15, 0.2) is 0 Å². The van der Waals surface area contributed by atoms with Gasteiger partial charge in [0.2, 0.25) is 0 Å². The van der Waals surface area contributed by atoms with Crippen LogP contribution in [-0.4, -0.2) is 36.9 Å². The molecular formula is C45H58O5. The molecule has 0 aliphatic heterocycles. The van der Waals surface area contributed by atoms with Gasteiger partial charge in [0, 0.05) is 5.57 Å². The summed E-state index contributed by atoms with van der Waals surface area (Å²) in [5.74, 6) is -0.0803. The first-order valence-corrected chi connectivity index (χ1v) is 18.7. The summed E-state index contributed by atoms with van der Waals surface area (Å²) < 4.78 is 10.9. The van der Waals surface area contributed by atoms with Gasteiger partial charge in [0.1, 0.15) is 0 Å². The lowest BCUT2D eigenvalue weighted by Crippen LogP contribution is -2.27. The van der Waals surface area contributed by atoms with Crippen LogP contribution < -0.4 is 0 Å². The normalized spacial score (nSPS) is 16.4. The largest absolute Gasteiger partial charge is 0.462 e. The number of rotatable bonds is 17. The maximum atomic E-state index is 12.2. The number of aliphatic hydroxyl groups is 1. The lowest BCUT2D eigenvalue weighted by Gasteiger charge is -2.34. The van der Waals surface area contributed by atoms with Gasteiger partial charge in [-0.15, -0.1) is 0 Å². The second kappa shape index (κ2) is 18.9. The highest BCUT2D eigenvalue weighted by molar-refractivity contribution is 5.88. The van der Waals surface area contributed by atoms with E-state index in [0.717, 1.165) is 38.5 Å². The molecule has 0 amide bonds. The predicted molar refractivity (Wildman–Crippen MR) is 205 cm³/mol. The van der Waals surface area contributed by atoms with Gasteiger partial charge in [-0.3, -0.25) is 0 Å². The highest BCUT2D eigenvalue weighted by Crippen LogP contribution is 2.41. The van der Waals surface area contributed by atoms with E-state index in [4.69, 9.17) is 14.6 Å². The second-order valence-corrected chi connectivity index (χ2v) is 14.3. The fraction of sp³-hybridized carbons (Fsp3) is 0.467. The van der Waals surface area contributed by atoms with Crippen LogP contribution in [-0.2, 0) is 31.9 Å². The Balaban J connectivity index is 1.42. The van der Waals surface area contributed by atoms with E-state index in [0.29, 0.717) is 23.8 Å². The summed E-state index contributed by atoms with van der Waals surface area (Å²) in [6.07, 6.45) is 10.6. The topological polar surface area (TPSA) is 72.8 Å². The van der Waals surface area contributed by atoms with E-state index in [9.17, 15) is 9.59 Å². The summed E-state index contributed by atoms with van der Waals surface area (Å²) in [5, 5.41) is 9.17. The molecule has 1 N–H and O–H groups in total. The van der Waals surface area contributed by atoms with Crippen molar-refractivity contribution >= 4 is 11.9 Å². The van der Waals surface area contributed by atoms with Crippen LogP contribution in [0, 0.1) is 25.7 Å². The molecule has 1 atom stereocenters. The lowest BCUT2D eigenvalue weighted by atomic mass is 9.73. The van der Waals surface area contributed by atoms with Gasteiger partial charge in [-0.1, -0.05) is 94.4 Å². The summed E-state index contributed by atoms with van der Waals surface area (Å²) in [6.45, 7) is 17.9. The van der Waals surface area contributed by atoms with Gasteiger partial charge >= 0.3 is 11.9 Å². The Labute approximate surface area is 300 Å². The molecule has 1 aliphatic rings. The molecule has 0 aromatic heterocycles. The van der Waals surface area contributed by atoms with Crippen LogP contribution in [0.1, 0.15) is 106 Å². The van der Waals surface area contributed by atoms with Crippen LogP contribution in [0.15, 0.2) is 78.9 Å². The van der Waals surface area contributed by atoms with Crippen LogP contribution >= 0.6 is 0 Å². The Hall–Kier alpha value is -3.96. The number of aryl methyl sites for hydroxylation is 4. The summed E-state index contributed by atoms with van der Waals surface area (Å²) in [5.41, 5.74) is 12.5. The van der Waals surface area contributed by atoms with E-state index in [2.05, 4.69) is 95.5 Å². The van der Waals surface area contributed by atoms with Crippen LogP contribution in [0.25, 0.3) is 22.3 Å². The molecule has 268 valence electrons. The zero-order valence-corrected chi connectivity index (χ0v) is 31.1. The van der Waals surface area contributed by atoms with Crippen molar-refractivity contribution in [3.63, 3.8) is 0 Å². The number of unbranched alkanes of at least 4 members (excludes halogenated alkanes) is 2. The van der Waals surface area contributed by atoms with Crippen molar-refractivity contribution in [2.45, 2.75) is 105 Å². The van der Waals surface area contributed by atoms with Gasteiger partial charge in [0.25, 0.3) is 0 Å². The predicted octanol–water partition coefficient (Wildman–Crippen LogP) is 10.4. The fourth-order valence-electron chi connectivity index (χ4n) is 7.46. The van der Waals surface area contributed by atoms with Crippen LogP contribution in [0.5, 0.6) is 0 Å². The van der Waals surface area contributed by atoms with Crippen molar-refractivity contribution in [2.24, 2.45) is 11.8 Å². The molecule has 3 aromatic rings. The molecule has 0 bridgehead atoms. The van der Waals surface area contributed by atoms with Crippen molar-refractivity contribution in [3.8, 4) is 22.3 Å². The van der Waals surface area contributed by atoms with Crippen LogP contribution in [0.4, 0.5) is 0 Å². The molecule has 1 saturated carbocycles. The molecule has 3 aromatic carbocycles. The first kappa shape index (κ1) is 38.8. The summed E-state index contributed by atoms with van der Waals surface area (Å²) in [7, 11) is 0. The molecule has 0 radical (unpaired) electrons. The van der Waals surface area contributed by atoms with Crippen molar-refractivity contribution < 1.29 is 24.2 Å². The molecule has 1 fully saturated rings. The molecule has 1 aliphatic carbocycles. The van der Waals surface area contributed by atoms with Gasteiger partial charge in [-0.05, 0) is 140 Å². The summed E-state index contributed by atoms with van der Waals surface area (Å²) in [4.78, 5) is 24.2. The molecule has 5 nitrogen and oxygen atoms in total. The number of hydrogen-bond acceptors (Lipinski definition) is 5. The molecule has 5 heteroatoms. The Morgan fingerprint density at radius 3 is 2.16 bits per heavy atom. The minimum Gasteiger partial charge on any atom is -0.462 e. The van der Waals surface area contributed by atoms with E-state index < -0.39 is 18.5 Å². The maximum absolute atomic E-state index is 12.2. The van der Waals surface area contributed by atoms with Gasteiger partial charge in [-0.25, -0.2) is 9.59 Å². The van der Waals surface area contributed by atoms with E-state index in [1.54, 1.807) is 6.92 Å². The van der Waals surface area contributed by atoms with Gasteiger partial charge < -0.3 is 14.6 Å². The molecule has 4 rings (SSSR count). The molecule has 0 saturated heterocycles. The Morgan fingerprint density at radius 1 is 0.820 bits per heavy atom. The number of benzene rings is 3. The number of carbonyl (C=O) groups is 2. The average Bonchev–Trinajstić information content (AvgIpc) is 3.12. The lowest BCUT2D eigenvalue weighted by molar-refractivity contribution is -0.144.